The molecule has 1 aromatic heterocycles. The summed E-state index contributed by atoms with van der Waals surface area (Å²) in [5, 5.41) is 12.5. The maximum atomic E-state index is 11.0. The lowest BCUT2D eigenvalue weighted by molar-refractivity contribution is -0.136. The Bertz CT molecular complexity index is 649. The van der Waals surface area contributed by atoms with Gasteiger partial charge in [-0.15, -0.1) is 11.3 Å². The van der Waals surface area contributed by atoms with E-state index < -0.39 is 11.9 Å². The first-order valence-corrected chi connectivity index (χ1v) is 6.62. The number of nitrogens with one attached hydrogen (secondary N) is 1. The number of anilines is 2. The number of rotatable bonds is 5. The first-order valence-electron chi connectivity index (χ1n) is 5.80. The number of carbonyl (C=O) groups excluding carboxylic acids is 1. The first kappa shape index (κ1) is 14.0. The highest BCUT2D eigenvalue weighted by molar-refractivity contribution is 7.15. The Kier molecular flexibility index (Phi) is 3.99. The molecule has 1 aromatic carbocycles. The second kappa shape index (κ2) is 5.70. The second-order valence-electron chi connectivity index (χ2n) is 4.16. The van der Waals surface area contributed by atoms with Gasteiger partial charge in [-0.05, 0) is 31.2 Å². The van der Waals surface area contributed by atoms with Gasteiger partial charge in [0.2, 0.25) is 5.91 Å². The molecule has 0 saturated carbocycles. The number of primary amides is 1. The average molecular weight is 291 g/mol. The molecular formula is C13H13N3O3S. The van der Waals surface area contributed by atoms with Gasteiger partial charge in [-0.3, -0.25) is 9.59 Å². The highest BCUT2D eigenvalue weighted by Crippen LogP contribution is 2.26. The third-order valence-corrected chi connectivity index (χ3v) is 3.70. The monoisotopic (exact) mass is 291 g/mol. The summed E-state index contributed by atoms with van der Waals surface area (Å²) in [6.45, 7) is 1.77. The molecule has 0 aliphatic rings. The van der Waals surface area contributed by atoms with Gasteiger partial charge >= 0.3 is 5.97 Å². The van der Waals surface area contributed by atoms with Crippen molar-refractivity contribution >= 4 is 34.0 Å². The Balaban J connectivity index is 2.13. The number of nitrogens with two attached hydrogens (primary N) is 1. The number of hydrogen-bond acceptors (Lipinski definition) is 5. The summed E-state index contributed by atoms with van der Waals surface area (Å²) in [5.74, 6) is -1.36. The van der Waals surface area contributed by atoms with E-state index in [9.17, 15) is 9.59 Å². The molecule has 20 heavy (non-hydrogen) atoms. The number of thiazole rings is 1. The van der Waals surface area contributed by atoms with Crippen molar-refractivity contribution in [3.63, 3.8) is 0 Å². The molecule has 0 bridgehead atoms. The Morgan fingerprint density at radius 2 is 2.00 bits per heavy atom. The number of nitrogens with zero attached hydrogens (tertiary/aromatic N) is 1. The van der Waals surface area contributed by atoms with Crippen LogP contribution in [-0.2, 0) is 11.2 Å². The van der Waals surface area contributed by atoms with Gasteiger partial charge in [-0.2, -0.15) is 0 Å². The van der Waals surface area contributed by atoms with E-state index in [0.717, 1.165) is 5.69 Å². The Hall–Kier alpha value is -2.41. The number of carboxylic acid groups (broad SMARTS) is 1. The minimum absolute atomic E-state index is 0.0359. The number of benzene rings is 1. The lowest BCUT2D eigenvalue weighted by Crippen LogP contribution is -2.10. The molecule has 0 atom stereocenters. The lowest BCUT2D eigenvalue weighted by Gasteiger charge is -2.02. The lowest BCUT2D eigenvalue weighted by atomic mass is 10.2. The van der Waals surface area contributed by atoms with Crippen LogP contribution in [0.2, 0.25) is 0 Å². The van der Waals surface area contributed by atoms with Crippen LogP contribution in [0.5, 0.6) is 0 Å². The molecule has 0 aliphatic carbocycles. The van der Waals surface area contributed by atoms with E-state index in [1.807, 2.05) is 0 Å². The summed E-state index contributed by atoms with van der Waals surface area (Å²) >= 11 is 1.30. The van der Waals surface area contributed by atoms with Crippen LogP contribution in [0.15, 0.2) is 24.3 Å². The zero-order chi connectivity index (χ0) is 14.7. The minimum atomic E-state index is -0.880. The van der Waals surface area contributed by atoms with E-state index in [1.165, 1.54) is 11.3 Å². The molecule has 2 aromatic rings. The summed E-state index contributed by atoms with van der Waals surface area (Å²) in [6.07, 6.45) is -0.0359. The number of amides is 1. The predicted molar refractivity (Wildman–Crippen MR) is 76.4 cm³/mol. The summed E-state index contributed by atoms with van der Waals surface area (Å²) in [4.78, 5) is 26.6. The molecule has 4 N–H and O–H groups in total. The van der Waals surface area contributed by atoms with Crippen LogP contribution < -0.4 is 11.1 Å². The van der Waals surface area contributed by atoms with Gasteiger partial charge in [-0.1, -0.05) is 0 Å². The maximum absolute atomic E-state index is 11.0. The Labute approximate surface area is 119 Å². The minimum Gasteiger partial charge on any atom is -0.481 e. The van der Waals surface area contributed by atoms with Crippen molar-refractivity contribution in [3.05, 3.63) is 40.4 Å². The van der Waals surface area contributed by atoms with E-state index in [-0.39, 0.29) is 6.42 Å². The average Bonchev–Trinajstić information content (AvgIpc) is 2.69. The smallest absolute Gasteiger partial charge is 0.308 e. The first-order chi connectivity index (χ1) is 9.45. The van der Waals surface area contributed by atoms with Crippen LogP contribution in [0.4, 0.5) is 10.8 Å². The van der Waals surface area contributed by atoms with Crippen LogP contribution in [0.25, 0.3) is 0 Å². The quantitative estimate of drug-likeness (QED) is 0.780. The summed E-state index contributed by atoms with van der Waals surface area (Å²) < 4.78 is 0. The second-order valence-corrected chi connectivity index (χ2v) is 5.25. The molecule has 0 unspecified atom stereocenters. The van der Waals surface area contributed by atoms with Gasteiger partial charge in [0.05, 0.1) is 12.1 Å². The van der Waals surface area contributed by atoms with Crippen molar-refractivity contribution in [1.82, 2.24) is 4.98 Å². The van der Waals surface area contributed by atoms with Crippen molar-refractivity contribution in [2.75, 3.05) is 5.32 Å². The Morgan fingerprint density at radius 1 is 1.35 bits per heavy atom. The maximum Gasteiger partial charge on any atom is 0.308 e. The van der Waals surface area contributed by atoms with Crippen LogP contribution in [-0.4, -0.2) is 22.0 Å². The number of aryl methyl sites for hydroxylation is 1. The molecule has 7 heteroatoms. The third-order valence-electron chi connectivity index (χ3n) is 2.63. The van der Waals surface area contributed by atoms with Crippen LogP contribution >= 0.6 is 11.3 Å². The van der Waals surface area contributed by atoms with E-state index >= 15 is 0 Å². The number of aromatic nitrogens is 1. The molecule has 0 fully saturated rings. The zero-order valence-corrected chi connectivity index (χ0v) is 11.5. The largest absolute Gasteiger partial charge is 0.481 e. The SMILES string of the molecule is Cc1nc(Nc2ccc(C(N)=O)cc2)sc1CC(=O)O. The fourth-order valence-corrected chi connectivity index (χ4v) is 2.60. The molecule has 104 valence electrons. The third kappa shape index (κ3) is 3.33. The standard InChI is InChI=1S/C13H13N3O3S/c1-7-10(6-11(17)18)20-13(15-7)16-9-4-2-8(3-5-9)12(14)19/h2-5H,6H2,1H3,(H2,14,19)(H,15,16)(H,17,18). The molecule has 0 radical (unpaired) electrons. The van der Waals surface area contributed by atoms with E-state index in [2.05, 4.69) is 10.3 Å². The van der Waals surface area contributed by atoms with Crippen LogP contribution in [0.3, 0.4) is 0 Å². The topological polar surface area (TPSA) is 105 Å². The number of aliphatic carboxylic acids is 1. The fourth-order valence-electron chi connectivity index (χ4n) is 1.62. The highest BCUT2D eigenvalue weighted by atomic mass is 32.1. The van der Waals surface area contributed by atoms with Crippen LogP contribution in [0.1, 0.15) is 20.9 Å². The number of hydrogen-bond donors (Lipinski definition) is 3. The summed E-state index contributed by atoms with van der Waals surface area (Å²) in [7, 11) is 0. The van der Waals surface area contributed by atoms with Crippen molar-refractivity contribution < 1.29 is 14.7 Å². The van der Waals surface area contributed by atoms with Crippen molar-refractivity contribution in [3.8, 4) is 0 Å². The zero-order valence-electron chi connectivity index (χ0n) is 10.7. The van der Waals surface area contributed by atoms with E-state index in [1.54, 1.807) is 31.2 Å². The van der Waals surface area contributed by atoms with Crippen molar-refractivity contribution in [2.45, 2.75) is 13.3 Å². The number of carbonyl (C=O) groups is 2. The van der Waals surface area contributed by atoms with Crippen LogP contribution in [0, 0.1) is 6.92 Å². The molecule has 0 aliphatic heterocycles. The molecule has 0 saturated heterocycles. The molecular weight excluding hydrogens is 278 g/mol. The molecule has 6 nitrogen and oxygen atoms in total. The molecule has 1 amide bonds. The van der Waals surface area contributed by atoms with Gasteiger partial charge in [0, 0.05) is 16.1 Å². The van der Waals surface area contributed by atoms with E-state index in [4.69, 9.17) is 10.8 Å². The van der Waals surface area contributed by atoms with Gasteiger partial charge in [0.25, 0.3) is 0 Å². The highest BCUT2D eigenvalue weighted by Gasteiger charge is 2.11. The van der Waals surface area contributed by atoms with Gasteiger partial charge in [0.1, 0.15) is 0 Å². The summed E-state index contributed by atoms with van der Waals surface area (Å²) in [6, 6.07) is 6.66. The molecule has 2 rings (SSSR count). The van der Waals surface area contributed by atoms with Gasteiger partial charge in [-0.25, -0.2) is 4.98 Å². The van der Waals surface area contributed by atoms with Gasteiger partial charge < -0.3 is 16.2 Å². The molecule has 1 heterocycles. The normalized spacial score (nSPS) is 10.2. The van der Waals surface area contributed by atoms with Crippen molar-refractivity contribution in [2.24, 2.45) is 5.73 Å². The predicted octanol–water partition coefficient (Wildman–Crippen LogP) is 1.92. The van der Waals surface area contributed by atoms with Gasteiger partial charge in [0.15, 0.2) is 5.13 Å². The van der Waals surface area contributed by atoms with Crippen molar-refractivity contribution in [1.29, 1.82) is 0 Å². The van der Waals surface area contributed by atoms with E-state index in [0.29, 0.717) is 21.3 Å². The molecule has 0 spiro atoms. The Morgan fingerprint density at radius 3 is 2.55 bits per heavy atom. The fraction of sp³-hybridized carbons (Fsp3) is 0.154. The summed E-state index contributed by atoms with van der Waals surface area (Å²) in [5.41, 5.74) is 7.05. The number of carboxylic acids is 1.